The van der Waals surface area contributed by atoms with Crippen molar-refractivity contribution in [2.75, 3.05) is 0 Å². The van der Waals surface area contributed by atoms with Gasteiger partial charge in [-0.1, -0.05) is 0 Å². The molecule has 30 unspecified atom stereocenters. The second-order valence-electron chi connectivity index (χ2n) is 22.0. The van der Waals surface area contributed by atoms with Crippen molar-refractivity contribution in [3.63, 3.8) is 0 Å². The van der Waals surface area contributed by atoms with Gasteiger partial charge in [0.05, 0.1) is 0 Å². The summed E-state index contributed by atoms with van der Waals surface area (Å²) < 4.78 is 0. The quantitative estimate of drug-likeness (QED) is 0.505. The van der Waals surface area contributed by atoms with Crippen LogP contribution in [0.1, 0.15) is 25.7 Å². The Morgan fingerprint density at radius 1 is 0.250 bits per heavy atom. The molecule has 0 saturated heterocycles. The van der Waals surface area contributed by atoms with Gasteiger partial charge in [0.15, 0.2) is 0 Å². The van der Waals surface area contributed by atoms with Gasteiger partial charge in [-0.25, -0.2) is 0 Å². The molecule has 0 aromatic carbocycles. The largest absolute Gasteiger partial charge is 0.0461 e. The molecule has 0 nitrogen and oxygen atoms in total. The van der Waals surface area contributed by atoms with Crippen LogP contribution >= 0.6 is 0 Å². The molecule has 10 spiro atoms. The summed E-state index contributed by atoms with van der Waals surface area (Å²) in [4.78, 5) is 0. The van der Waals surface area contributed by atoms with Crippen molar-refractivity contribution in [3.8, 4) is 0 Å². The smallest absolute Gasteiger partial charge is 0.00932 e. The first-order valence-corrected chi connectivity index (χ1v) is 17.9. The van der Waals surface area contributed by atoms with Gasteiger partial charge in [0.2, 0.25) is 0 Å². The number of rotatable bonds is 0. The summed E-state index contributed by atoms with van der Waals surface area (Å²) in [6, 6.07) is 0. The Morgan fingerprint density at radius 3 is 0.722 bits per heavy atom. The molecule has 0 aromatic heterocycles. The molecule has 0 radical (unpaired) electrons. The maximum Gasteiger partial charge on any atom is -0.00932 e. The van der Waals surface area contributed by atoms with Crippen molar-refractivity contribution >= 4 is 0 Å². The van der Waals surface area contributed by atoms with Crippen LogP contribution in [0.5, 0.6) is 0 Å². The zero-order chi connectivity index (χ0) is 20.5. The van der Waals surface area contributed by atoms with Gasteiger partial charge in [0.25, 0.3) is 0 Å². The van der Waals surface area contributed by atoms with E-state index >= 15 is 0 Å². The van der Waals surface area contributed by atoms with Crippen LogP contribution in [0.15, 0.2) is 0 Å². The molecule has 22 aliphatic carbocycles. The summed E-state index contributed by atoms with van der Waals surface area (Å²) in [5.74, 6) is 29.9. The minimum atomic E-state index is 1.08. The van der Waals surface area contributed by atoms with Gasteiger partial charge in [-0.15, -0.1) is 0 Å². The van der Waals surface area contributed by atoms with E-state index < -0.39 is 0 Å². The second-order valence-corrected chi connectivity index (χ2v) is 22.0. The first-order valence-electron chi connectivity index (χ1n) is 17.9. The van der Waals surface area contributed by atoms with E-state index in [1.165, 1.54) is 130 Å². The molecule has 22 aliphatic rings. The SMILES string of the molecule is C1C2CC3C4C5C6C7C8C9C%10C%11[C@@H]%12CC%13C[C@@H]%14C%15C%16C%17C%18C%19C%20C%21C%22C1C23C%224C%215C%206C%197C%188C%179C%16%10C%15%11C%13%14%12. The van der Waals surface area contributed by atoms with E-state index in [0.29, 0.717) is 0 Å². The fourth-order valence-corrected chi connectivity index (χ4v) is 32.3. The van der Waals surface area contributed by atoms with Crippen molar-refractivity contribution in [3.05, 3.63) is 0 Å². The monoisotopic (exact) mass is 462 g/mol. The fraction of sp³-hybridized carbons (Fsp3) is 1.00. The average molecular weight is 463 g/mol. The maximum atomic E-state index is 1.75. The standard InChI is InChI=1S/C36H30/c1-5-2-8-12-16-20-25-26-22-18-14-10-4-6-3-9-13-17-21-24-23-19-15-11-7(1)27(5,8)29(11,12)31(15,16)33(19,20)35(23,25)36(24,26)34(21,22)32(17,18)30(13,14)28(6,9)10/h5-26H,1-4H2/t5?,6?,7-,8+,9?,10?,11?,12?,13?,14?,15?,16?,17?,18?,19?,20?,21?,22?,23?,24?,25?,26?,27?,28?,29?,30?,31?,32?,33?,34?,35?,36?. The van der Waals surface area contributed by atoms with Crippen LogP contribution in [-0.4, -0.2) is 0 Å². The van der Waals surface area contributed by atoms with E-state index in [1.807, 2.05) is 0 Å². The zero-order valence-electron chi connectivity index (χ0n) is 20.5. The van der Waals surface area contributed by atoms with Gasteiger partial charge in [-0.05, 0) is 210 Å². The van der Waals surface area contributed by atoms with Crippen molar-refractivity contribution in [1.82, 2.24) is 0 Å². The van der Waals surface area contributed by atoms with E-state index in [9.17, 15) is 0 Å². The Morgan fingerprint density at radius 2 is 0.472 bits per heavy atom. The first-order chi connectivity index (χ1) is 17.9. The van der Waals surface area contributed by atoms with Crippen LogP contribution < -0.4 is 0 Å². The van der Waals surface area contributed by atoms with Crippen LogP contribution in [-0.2, 0) is 0 Å². The minimum absolute atomic E-state index is 1.08. The molecule has 0 aliphatic heterocycles. The van der Waals surface area contributed by atoms with Crippen LogP contribution in [0.2, 0.25) is 0 Å². The molecule has 174 valence electrons. The highest BCUT2D eigenvalue weighted by molar-refractivity contribution is 5.82. The molecular formula is C36H30. The van der Waals surface area contributed by atoms with E-state index in [0.717, 1.165) is 54.1 Å². The third-order valence-electron chi connectivity index (χ3n) is 27.7. The fourth-order valence-electron chi connectivity index (χ4n) is 32.3. The van der Waals surface area contributed by atoms with E-state index in [1.54, 1.807) is 25.7 Å². The highest BCUT2D eigenvalue weighted by Crippen LogP contribution is 3.38. The Bertz CT molecular complexity index is 1590. The molecule has 0 aromatic rings. The predicted octanol–water partition coefficient (Wildman–Crippen LogP) is 4.27. The Labute approximate surface area is 209 Å². The van der Waals surface area contributed by atoms with Gasteiger partial charge in [-0.2, -0.15) is 0 Å². The highest BCUT2D eigenvalue weighted by atomic mass is 15.4. The summed E-state index contributed by atoms with van der Waals surface area (Å²) in [5.41, 5.74) is 10.9. The number of hydrogen-bond donors (Lipinski definition) is 0. The second kappa shape index (κ2) is 2.39. The predicted molar refractivity (Wildman–Crippen MR) is 120 cm³/mol. The molecule has 32 atom stereocenters. The molecule has 0 bridgehead atoms. The lowest BCUT2D eigenvalue weighted by atomic mass is 8.66. The van der Waals surface area contributed by atoms with Gasteiger partial charge in [0, 0.05) is 0 Å². The zero-order valence-corrected chi connectivity index (χ0v) is 20.5. The lowest BCUT2D eigenvalue weighted by Crippen LogP contribution is -3.35. The Kier molecular flexibility index (Phi) is 0.903. The first kappa shape index (κ1) is 13.6. The lowest BCUT2D eigenvalue weighted by molar-refractivity contribution is -0.920. The molecule has 0 heterocycles. The van der Waals surface area contributed by atoms with E-state index in [4.69, 9.17) is 0 Å². The molecule has 36 heavy (non-hydrogen) atoms. The van der Waals surface area contributed by atoms with Crippen LogP contribution in [0, 0.1) is 184 Å². The van der Waals surface area contributed by atoms with Gasteiger partial charge in [-0.3, -0.25) is 0 Å². The number of hydrogen-bond acceptors (Lipinski definition) is 0. The summed E-state index contributed by atoms with van der Waals surface area (Å²) in [5, 5.41) is 0. The molecule has 22 fully saturated rings. The van der Waals surface area contributed by atoms with Gasteiger partial charge < -0.3 is 0 Å². The minimum Gasteiger partial charge on any atom is -0.0461 e. The molecule has 22 saturated carbocycles. The third-order valence-corrected chi connectivity index (χ3v) is 27.7. The van der Waals surface area contributed by atoms with Crippen molar-refractivity contribution in [2.45, 2.75) is 25.7 Å². The van der Waals surface area contributed by atoms with Crippen molar-refractivity contribution in [2.24, 2.45) is 184 Å². The molecular weight excluding hydrogens is 432 g/mol. The van der Waals surface area contributed by atoms with E-state index in [2.05, 4.69) is 0 Å². The molecule has 0 amide bonds. The Balaban J connectivity index is 0.848. The molecule has 22 rings (SSSR count). The van der Waals surface area contributed by atoms with Gasteiger partial charge in [0.1, 0.15) is 0 Å². The average Bonchev–Trinajstić information content (AvgIpc) is 2.74. The van der Waals surface area contributed by atoms with E-state index in [-0.39, 0.29) is 0 Å². The molecule has 0 heteroatoms. The highest BCUT2D eigenvalue weighted by Gasteiger charge is 3.36. The lowest BCUT2D eigenvalue weighted by Gasteiger charge is -3.37. The Hall–Kier alpha value is 0. The number of fused-ring (bicyclic) bond motifs is 18. The van der Waals surface area contributed by atoms with Crippen LogP contribution in [0.3, 0.4) is 0 Å². The summed E-state index contributed by atoms with van der Waals surface area (Å²) in [6.07, 6.45) is 7.00. The van der Waals surface area contributed by atoms with Crippen LogP contribution in [0.4, 0.5) is 0 Å². The van der Waals surface area contributed by atoms with Crippen molar-refractivity contribution < 1.29 is 0 Å². The summed E-state index contributed by atoms with van der Waals surface area (Å²) in [6.45, 7) is 0. The molecule has 0 N–H and O–H groups in total. The van der Waals surface area contributed by atoms with Crippen LogP contribution in [0.25, 0.3) is 0 Å². The van der Waals surface area contributed by atoms with Gasteiger partial charge >= 0.3 is 0 Å². The third kappa shape index (κ3) is 0.409. The topological polar surface area (TPSA) is 0 Å². The summed E-state index contributed by atoms with van der Waals surface area (Å²) in [7, 11) is 0. The maximum absolute atomic E-state index is 1.75. The normalized spacial score (nSPS) is 122. The summed E-state index contributed by atoms with van der Waals surface area (Å²) >= 11 is 0. The van der Waals surface area contributed by atoms with Crippen molar-refractivity contribution in [1.29, 1.82) is 0 Å².